The number of halogens is 3. The Balaban J connectivity index is 1.53. The van der Waals surface area contributed by atoms with Crippen molar-refractivity contribution in [3.8, 4) is 0 Å². The van der Waals surface area contributed by atoms with Gasteiger partial charge in [-0.2, -0.15) is 18.4 Å². The zero-order valence-corrected chi connectivity index (χ0v) is 14.5. The molecular weight excluding hydrogens is 361 g/mol. The van der Waals surface area contributed by atoms with Crippen LogP contribution in [0.4, 0.5) is 13.2 Å². The fourth-order valence-corrected chi connectivity index (χ4v) is 3.53. The summed E-state index contributed by atoms with van der Waals surface area (Å²) in [6, 6.07) is 2.40. The van der Waals surface area contributed by atoms with Crippen molar-refractivity contribution in [2.45, 2.75) is 44.2 Å². The largest absolute Gasteiger partial charge is 0.433 e. The third-order valence-electron chi connectivity index (χ3n) is 5.04. The minimum absolute atomic E-state index is 0.0335. The van der Waals surface area contributed by atoms with Crippen LogP contribution in [0.1, 0.15) is 59.2 Å². The van der Waals surface area contributed by atoms with E-state index in [0.717, 1.165) is 31.7 Å². The van der Waals surface area contributed by atoms with Gasteiger partial charge in [-0.05, 0) is 43.7 Å². The second-order valence-corrected chi connectivity index (χ2v) is 7.23. The van der Waals surface area contributed by atoms with E-state index in [4.69, 9.17) is 0 Å². The van der Waals surface area contributed by atoms with Gasteiger partial charge in [-0.25, -0.2) is 4.98 Å². The lowest BCUT2D eigenvalue weighted by Crippen LogP contribution is -2.40. The van der Waals surface area contributed by atoms with Crippen molar-refractivity contribution in [2.75, 3.05) is 13.1 Å². The van der Waals surface area contributed by atoms with E-state index in [-0.39, 0.29) is 23.3 Å². The first-order valence-electron chi connectivity index (χ1n) is 9.01. The molecule has 1 aliphatic carbocycles. The van der Waals surface area contributed by atoms with E-state index in [9.17, 15) is 18.0 Å². The fourth-order valence-electron chi connectivity index (χ4n) is 3.53. The molecule has 1 N–H and O–H groups in total. The minimum atomic E-state index is -4.57. The highest BCUT2D eigenvalue weighted by Gasteiger charge is 2.36. The van der Waals surface area contributed by atoms with Crippen LogP contribution in [0.3, 0.4) is 0 Å². The molecule has 0 radical (unpaired) electrons. The van der Waals surface area contributed by atoms with Crippen LogP contribution in [-0.2, 0) is 12.6 Å². The monoisotopic (exact) mass is 380 g/mol. The number of alkyl halides is 3. The number of aromatic amines is 1. The fraction of sp³-hybridized carbons (Fsp3) is 0.588. The Morgan fingerprint density at radius 1 is 1.26 bits per heavy atom. The van der Waals surface area contributed by atoms with Crippen molar-refractivity contribution in [1.29, 1.82) is 0 Å². The van der Waals surface area contributed by atoms with Crippen molar-refractivity contribution in [1.82, 2.24) is 30.5 Å². The number of amides is 1. The van der Waals surface area contributed by atoms with Gasteiger partial charge in [0.05, 0.1) is 0 Å². The number of tetrazole rings is 1. The first-order valence-corrected chi connectivity index (χ1v) is 9.01. The number of hydrogen-bond donors (Lipinski definition) is 1. The molecule has 1 atom stereocenters. The van der Waals surface area contributed by atoms with Crippen LogP contribution in [0.15, 0.2) is 12.1 Å². The molecule has 2 aromatic heterocycles. The van der Waals surface area contributed by atoms with Crippen molar-refractivity contribution < 1.29 is 18.0 Å². The maximum Gasteiger partial charge on any atom is 0.433 e. The number of likely N-dealkylation sites (tertiary alicyclic amines) is 1. The number of rotatable bonds is 4. The van der Waals surface area contributed by atoms with Crippen LogP contribution < -0.4 is 0 Å². The van der Waals surface area contributed by atoms with Gasteiger partial charge in [0.25, 0.3) is 5.91 Å². The van der Waals surface area contributed by atoms with Crippen LogP contribution >= 0.6 is 0 Å². The zero-order chi connectivity index (χ0) is 19.0. The molecule has 0 spiro atoms. The summed E-state index contributed by atoms with van der Waals surface area (Å²) >= 11 is 0. The summed E-state index contributed by atoms with van der Waals surface area (Å²) in [5, 5.41) is 13.8. The summed E-state index contributed by atoms with van der Waals surface area (Å²) in [4.78, 5) is 18.3. The Morgan fingerprint density at radius 2 is 2.07 bits per heavy atom. The van der Waals surface area contributed by atoms with Gasteiger partial charge in [0.1, 0.15) is 5.69 Å². The molecule has 1 saturated heterocycles. The maximum atomic E-state index is 13.2. The summed E-state index contributed by atoms with van der Waals surface area (Å²) in [5.41, 5.74) is -0.552. The minimum Gasteiger partial charge on any atom is -0.338 e. The van der Waals surface area contributed by atoms with Crippen molar-refractivity contribution >= 4 is 5.91 Å². The van der Waals surface area contributed by atoms with E-state index in [0.29, 0.717) is 31.0 Å². The van der Waals surface area contributed by atoms with Gasteiger partial charge in [0.2, 0.25) is 0 Å². The summed E-state index contributed by atoms with van der Waals surface area (Å²) in [5.74, 6) is 0.398. The van der Waals surface area contributed by atoms with Crippen molar-refractivity contribution in [2.24, 2.45) is 5.92 Å². The van der Waals surface area contributed by atoms with E-state index in [1.165, 1.54) is 6.07 Å². The first-order chi connectivity index (χ1) is 12.9. The molecule has 0 aromatic carbocycles. The Hall–Kier alpha value is -2.52. The number of H-pyrrole nitrogens is 1. The molecule has 27 heavy (non-hydrogen) atoms. The lowest BCUT2D eigenvalue weighted by molar-refractivity contribution is -0.141. The number of carbonyl (C=O) groups is 1. The summed E-state index contributed by atoms with van der Waals surface area (Å²) in [6.07, 6.45) is -0.645. The predicted octanol–water partition coefficient (Wildman–Crippen LogP) is 2.59. The molecule has 7 nitrogen and oxygen atoms in total. The number of hydrogen-bond acceptors (Lipinski definition) is 5. The highest BCUT2D eigenvalue weighted by atomic mass is 19.4. The third-order valence-corrected chi connectivity index (χ3v) is 5.04. The predicted molar refractivity (Wildman–Crippen MR) is 87.7 cm³/mol. The molecule has 1 saturated carbocycles. The number of carbonyl (C=O) groups excluding carboxylic acids is 1. The van der Waals surface area contributed by atoms with E-state index in [1.807, 2.05) is 0 Å². The van der Waals surface area contributed by atoms with Crippen LogP contribution in [0, 0.1) is 5.92 Å². The Morgan fingerprint density at radius 3 is 2.74 bits per heavy atom. The summed E-state index contributed by atoms with van der Waals surface area (Å²) in [6.45, 7) is 1.000. The van der Waals surface area contributed by atoms with Gasteiger partial charge >= 0.3 is 6.18 Å². The average Bonchev–Trinajstić information content (AvgIpc) is 3.38. The molecule has 144 valence electrons. The van der Waals surface area contributed by atoms with Gasteiger partial charge in [0, 0.05) is 36.7 Å². The molecule has 1 aliphatic heterocycles. The smallest absolute Gasteiger partial charge is 0.338 e. The van der Waals surface area contributed by atoms with Gasteiger partial charge in [0.15, 0.2) is 5.82 Å². The second-order valence-electron chi connectivity index (χ2n) is 7.23. The molecule has 10 heteroatoms. The summed E-state index contributed by atoms with van der Waals surface area (Å²) < 4.78 is 39.6. The van der Waals surface area contributed by atoms with Crippen LogP contribution in [0.2, 0.25) is 0 Å². The van der Waals surface area contributed by atoms with Crippen LogP contribution in [-0.4, -0.2) is 49.5 Å². The number of nitrogens with one attached hydrogen (secondary N) is 1. The normalized spacial score (nSPS) is 20.7. The van der Waals surface area contributed by atoms with Gasteiger partial charge in [-0.15, -0.1) is 10.2 Å². The molecular formula is C17H19F3N6O. The zero-order valence-electron chi connectivity index (χ0n) is 14.5. The Kier molecular flexibility index (Phi) is 4.56. The van der Waals surface area contributed by atoms with E-state index in [1.54, 1.807) is 4.90 Å². The molecule has 4 rings (SSSR count). The van der Waals surface area contributed by atoms with Gasteiger partial charge in [-0.1, -0.05) is 5.21 Å². The summed E-state index contributed by atoms with van der Waals surface area (Å²) in [7, 11) is 0. The van der Waals surface area contributed by atoms with Crippen LogP contribution in [0.25, 0.3) is 0 Å². The van der Waals surface area contributed by atoms with Gasteiger partial charge in [-0.3, -0.25) is 4.79 Å². The lowest BCUT2D eigenvalue weighted by atomic mass is 9.94. The lowest BCUT2D eigenvalue weighted by Gasteiger charge is -2.32. The maximum absolute atomic E-state index is 13.2. The SMILES string of the molecule is O=C(c1cc(C2CC2)nc(C(F)(F)F)c1)N1CCCC(Cc2nn[nH]n2)C1. The molecule has 3 heterocycles. The van der Waals surface area contributed by atoms with E-state index in [2.05, 4.69) is 25.6 Å². The number of pyridine rings is 1. The molecule has 0 bridgehead atoms. The molecule has 2 aliphatic rings. The van der Waals surface area contributed by atoms with Crippen LogP contribution in [0.5, 0.6) is 0 Å². The Bertz CT molecular complexity index is 819. The van der Waals surface area contributed by atoms with Gasteiger partial charge < -0.3 is 4.90 Å². The highest BCUT2D eigenvalue weighted by Crippen LogP contribution is 2.41. The average molecular weight is 380 g/mol. The topological polar surface area (TPSA) is 87.7 Å². The number of aromatic nitrogens is 5. The number of piperidine rings is 1. The first kappa shape index (κ1) is 17.9. The molecule has 2 aromatic rings. The molecule has 1 unspecified atom stereocenters. The molecule has 2 fully saturated rings. The van der Waals surface area contributed by atoms with Crippen molar-refractivity contribution in [3.05, 3.63) is 34.9 Å². The quantitative estimate of drug-likeness (QED) is 0.881. The highest BCUT2D eigenvalue weighted by molar-refractivity contribution is 5.94. The third kappa shape index (κ3) is 4.09. The van der Waals surface area contributed by atoms with Crippen molar-refractivity contribution in [3.63, 3.8) is 0 Å². The molecule has 1 amide bonds. The Labute approximate surface area is 153 Å². The van der Waals surface area contributed by atoms with E-state index >= 15 is 0 Å². The number of nitrogens with zero attached hydrogens (tertiary/aromatic N) is 5. The second kappa shape index (κ2) is 6.90. The van der Waals surface area contributed by atoms with E-state index < -0.39 is 11.9 Å². The standard InChI is InChI=1S/C17H19F3N6O/c18-17(19,20)14-8-12(7-13(21-14)11-3-4-11)16(27)26-5-1-2-10(9-26)6-15-22-24-25-23-15/h7-8,10-11H,1-6,9H2,(H,22,23,24,25).